The second kappa shape index (κ2) is 16.9. The molecule has 1 atom stereocenters. The number of aromatic hydroxyl groups is 1. The van der Waals surface area contributed by atoms with Gasteiger partial charge < -0.3 is 30.2 Å². The molecular weight excluding hydrogens is 552 g/mol. The first-order valence-electron chi connectivity index (χ1n) is 13.1. The number of carboxylic acid groups (broad SMARTS) is 1. The summed E-state index contributed by atoms with van der Waals surface area (Å²) in [5.41, 5.74) is -0.879. The van der Waals surface area contributed by atoms with Gasteiger partial charge in [0.05, 0.1) is 12.6 Å². The van der Waals surface area contributed by atoms with Gasteiger partial charge >= 0.3 is 11.9 Å². The summed E-state index contributed by atoms with van der Waals surface area (Å²) < 4.78 is 9.00. The number of carbonyl (C=O) groups is 4. The monoisotopic (exact) mass is 588 g/mol. The molecule has 1 aromatic heterocycles. The molecular formula is C28H36N4O8S. The van der Waals surface area contributed by atoms with E-state index < -0.39 is 35.2 Å². The Hall–Kier alpha value is -4.10. The predicted octanol–water partition coefficient (Wildman–Crippen LogP) is 2.92. The maximum Gasteiger partial charge on any atom is 0.339 e. The van der Waals surface area contributed by atoms with Crippen LogP contribution in [0.3, 0.4) is 0 Å². The number of carboxylic acids is 1. The molecule has 222 valence electrons. The van der Waals surface area contributed by atoms with E-state index in [-0.39, 0.29) is 36.7 Å². The number of hydrogen-bond acceptors (Lipinski definition) is 9. The molecule has 0 spiro atoms. The molecule has 0 fully saturated rings. The topological polar surface area (TPSA) is 176 Å². The first-order valence-corrected chi connectivity index (χ1v) is 13.9. The number of esters is 1. The molecule has 0 aliphatic heterocycles. The van der Waals surface area contributed by atoms with Crippen molar-refractivity contribution in [3.63, 3.8) is 0 Å². The van der Waals surface area contributed by atoms with E-state index in [9.17, 15) is 34.2 Å². The van der Waals surface area contributed by atoms with E-state index in [1.54, 1.807) is 19.1 Å². The second-order valence-electron chi connectivity index (χ2n) is 9.37. The first-order chi connectivity index (χ1) is 19.5. The molecule has 1 aromatic carbocycles. The van der Waals surface area contributed by atoms with Gasteiger partial charge in [0, 0.05) is 23.7 Å². The molecule has 41 heavy (non-hydrogen) atoms. The van der Waals surface area contributed by atoms with Gasteiger partial charge in [0.1, 0.15) is 23.5 Å². The number of ether oxygens (including phenoxy) is 1. The average Bonchev–Trinajstić information content (AvgIpc) is 2.91. The van der Waals surface area contributed by atoms with E-state index in [1.165, 1.54) is 41.1 Å². The number of phenols is 1. The number of allylic oxidation sites excluding steroid dienone is 1. The second-order valence-corrected chi connectivity index (χ2v) is 10.3. The number of amides is 2. The van der Waals surface area contributed by atoms with E-state index in [2.05, 4.69) is 15.4 Å². The van der Waals surface area contributed by atoms with E-state index >= 15 is 0 Å². The maximum atomic E-state index is 13.2. The first kappa shape index (κ1) is 33.1. The van der Waals surface area contributed by atoms with E-state index in [0.29, 0.717) is 23.8 Å². The number of anilines is 1. The van der Waals surface area contributed by atoms with Crippen LogP contribution in [0.4, 0.5) is 5.69 Å². The number of benzene rings is 1. The van der Waals surface area contributed by atoms with Crippen molar-refractivity contribution < 1.29 is 34.1 Å². The largest absolute Gasteiger partial charge is 0.507 e. The number of nitrogens with one attached hydrogen (secondary N) is 3. The molecule has 0 unspecified atom stereocenters. The third-order valence-electron chi connectivity index (χ3n) is 5.63. The highest BCUT2D eigenvalue weighted by Crippen LogP contribution is 2.24. The minimum absolute atomic E-state index is 0.0239. The Balaban J connectivity index is 2.15. The summed E-state index contributed by atoms with van der Waals surface area (Å²) in [4.78, 5) is 61.8. The summed E-state index contributed by atoms with van der Waals surface area (Å²) in [5, 5.41) is 24.4. The van der Waals surface area contributed by atoms with Gasteiger partial charge in [-0.25, -0.2) is 14.3 Å². The summed E-state index contributed by atoms with van der Waals surface area (Å²) in [7, 11) is 0. The van der Waals surface area contributed by atoms with Gasteiger partial charge in [-0.05, 0) is 74.4 Å². The van der Waals surface area contributed by atoms with Crippen LogP contribution in [0, 0.1) is 5.92 Å². The van der Waals surface area contributed by atoms with Crippen LogP contribution >= 0.6 is 11.9 Å². The van der Waals surface area contributed by atoms with Crippen molar-refractivity contribution in [1.82, 2.24) is 14.6 Å². The van der Waals surface area contributed by atoms with Crippen LogP contribution in [-0.2, 0) is 25.7 Å². The van der Waals surface area contributed by atoms with Crippen LogP contribution in [0.15, 0.2) is 58.4 Å². The van der Waals surface area contributed by atoms with Gasteiger partial charge in [-0.2, -0.15) is 0 Å². The maximum absolute atomic E-state index is 13.2. The van der Waals surface area contributed by atoms with Crippen molar-refractivity contribution >= 4 is 41.4 Å². The minimum Gasteiger partial charge on any atom is -0.507 e. The number of aromatic carboxylic acids is 1. The van der Waals surface area contributed by atoms with Crippen molar-refractivity contribution in [2.75, 3.05) is 18.5 Å². The van der Waals surface area contributed by atoms with Crippen LogP contribution < -0.4 is 20.9 Å². The molecule has 12 nitrogen and oxygen atoms in total. The van der Waals surface area contributed by atoms with Crippen molar-refractivity contribution in [3.8, 4) is 5.75 Å². The molecule has 1 heterocycles. The smallest absolute Gasteiger partial charge is 0.339 e. The van der Waals surface area contributed by atoms with E-state index in [1.807, 2.05) is 13.8 Å². The highest BCUT2D eigenvalue weighted by molar-refractivity contribution is 7.97. The van der Waals surface area contributed by atoms with Crippen LogP contribution in [-0.4, -0.2) is 57.7 Å². The normalized spacial score (nSPS) is 11.8. The Labute approximate surface area is 242 Å². The van der Waals surface area contributed by atoms with Gasteiger partial charge in [0.2, 0.25) is 11.8 Å². The number of hydrogen-bond donors (Lipinski definition) is 5. The fraction of sp³-hybridized carbons (Fsp3) is 0.393. The highest BCUT2D eigenvalue weighted by atomic mass is 32.2. The molecule has 0 saturated carbocycles. The Morgan fingerprint density at radius 3 is 2.59 bits per heavy atom. The molecule has 13 heteroatoms. The minimum atomic E-state index is -1.31. The van der Waals surface area contributed by atoms with Gasteiger partial charge in [0.15, 0.2) is 0 Å². The zero-order valence-electron chi connectivity index (χ0n) is 23.2. The van der Waals surface area contributed by atoms with Gasteiger partial charge in [-0.1, -0.05) is 19.9 Å². The van der Waals surface area contributed by atoms with Gasteiger partial charge in [-0.3, -0.25) is 14.4 Å². The number of carbonyl (C=O) groups excluding carboxylic acids is 3. The van der Waals surface area contributed by atoms with Gasteiger partial charge in [0.25, 0.3) is 5.56 Å². The van der Waals surface area contributed by atoms with Crippen molar-refractivity contribution in [1.29, 1.82) is 0 Å². The van der Waals surface area contributed by atoms with Crippen molar-refractivity contribution in [2.24, 2.45) is 5.92 Å². The SMILES string of the molecule is CCOC(=O)/C=C/CC[C@H](NSc1ccc(O)c(C(=O)O)c1)C(=O)Nc1cccn(CC(=O)NCCC(C)C)c1=O. The van der Waals surface area contributed by atoms with Crippen molar-refractivity contribution in [3.05, 3.63) is 64.6 Å². The lowest BCUT2D eigenvalue weighted by molar-refractivity contribution is -0.137. The quantitative estimate of drug-likeness (QED) is 0.111. The van der Waals surface area contributed by atoms with Crippen LogP contribution in [0.2, 0.25) is 0 Å². The molecule has 5 N–H and O–H groups in total. The summed E-state index contributed by atoms with van der Waals surface area (Å²) >= 11 is 0.968. The standard InChI is InChI=1S/C28H36N4O8S/c1-4-40-25(35)10-6-5-8-21(31-41-19-11-12-23(33)20(16-19)28(38)39)26(36)30-22-9-7-15-32(27(22)37)17-24(34)29-14-13-18(2)3/h6-7,9-12,15-16,18,21,31,33H,4-5,8,13-14,17H2,1-3H3,(H,29,34)(H,30,36)(H,38,39)/b10-6+/t21-/m0/s1. The lowest BCUT2D eigenvalue weighted by Gasteiger charge is -2.18. The van der Waals surface area contributed by atoms with Gasteiger partial charge in [-0.15, -0.1) is 0 Å². The Morgan fingerprint density at radius 1 is 1.15 bits per heavy atom. The van der Waals surface area contributed by atoms with Crippen molar-refractivity contribution in [2.45, 2.75) is 57.5 Å². The molecule has 0 aliphatic carbocycles. The average molecular weight is 589 g/mol. The van der Waals surface area contributed by atoms with Crippen LogP contribution in [0.1, 0.15) is 50.4 Å². The summed E-state index contributed by atoms with van der Waals surface area (Å²) in [6.45, 7) is 6.28. The summed E-state index contributed by atoms with van der Waals surface area (Å²) in [5.74, 6) is -2.68. The lowest BCUT2D eigenvalue weighted by atomic mass is 10.1. The Kier molecular flexibility index (Phi) is 13.6. The third kappa shape index (κ3) is 11.5. The summed E-state index contributed by atoms with van der Waals surface area (Å²) in [6.07, 6.45) is 5.58. The molecule has 2 aromatic rings. The highest BCUT2D eigenvalue weighted by Gasteiger charge is 2.20. The predicted molar refractivity (Wildman–Crippen MR) is 155 cm³/mol. The molecule has 2 rings (SSSR count). The Morgan fingerprint density at radius 2 is 1.90 bits per heavy atom. The molecule has 0 aliphatic rings. The number of nitrogens with zero attached hydrogens (tertiary/aromatic N) is 1. The summed E-state index contributed by atoms with van der Waals surface area (Å²) in [6, 6.07) is 6.06. The molecule has 0 radical (unpaired) electrons. The third-order valence-corrected chi connectivity index (χ3v) is 6.52. The van der Waals surface area contributed by atoms with Crippen LogP contribution in [0.25, 0.3) is 0 Å². The van der Waals surface area contributed by atoms with E-state index in [4.69, 9.17) is 4.74 Å². The van der Waals surface area contributed by atoms with E-state index in [0.717, 1.165) is 18.4 Å². The van der Waals surface area contributed by atoms with Crippen LogP contribution in [0.5, 0.6) is 5.75 Å². The lowest BCUT2D eigenvalue weighted by Crippen LogP contribution is -2.39. The zero-order valence-corrected chi connectivity index (χ0v) is 24.0. The zero-order chi connectivity index (χ0) is 30.4. The molecule has 0 bridgehead atoms. The molecule has 0 saturated heterocycles. The number of aromatic nitrogens is 1. The fourth-order valence-electron chi connectivity index (χ4n) is 3.45. The molecule has 2 amide bonds. The Bertz CT molecular complexity index is 1310. The number of pyridine rings is 1. The fourth-order valence-corrected chi connectivity index (χ4v) is 4.27. The number of rotatable bonds is 16.